The summed E-state index contributed by atoms with van der Waals surface area (Å²) in [5, 5.41) is 19.2. The van der Waals surface area contributed by atoms with Crippen LogP contribution in [0.1, 0.15) is 57.4 Å². The van der Waals surface area contributed by atoms with Crippen molar-refractivity contribution in [1.29, 1.82) is 0 Å². The van der Waals surface area contributed by atoms with Crippen molar-refractivity contribution in [2.24, 2.45) is 11.8 Å². The van der Waals surface area contributed by atoms with E-state index in [1.807, 2.05) is 12.2 Å². The third-order valence-corrected chi connectivity index (χ3v) is 6.79. The Labute approximate surface area is 216 Å². The molecule has 2 aliphatic rings. The SMILES string of the molecule is CCCCB1O[C@H]2C[C@@H](O1)[C@H](/C=C/[C@@H](O)COc1cccc(C(F)(F)F)c1)[C@H]2C/C=C\CCCC(=O)O. The van der Waals surface area contributed by atoms with E-state index in [1.165, 1.54) is 12.1 Å². The molecule has 1 aliphatic carbocycles. The van der Waals surface area contributed by atoms with Gasteiger partial charge in [-0.1, -0.05) is 50.1 Å². The molecule has 2 bridgehead atoms. The number of unbranched alkanes of at least 4 members (excludes halogenated alkanes) is 2. The fraction of sp³-hybridized carbons (Fsp3) is 0.593. The molecule has 1 heterocycles. The van der Waals surface area contributed by atoms with Gasteiger partial charge in [-0.3, -0.25) is 4.79 Å². The van der Waals surface area contributed by atoms with Crippen LogP contribution in [0.4, 0.5) is 13.2 Å². The smallest absolute Gasteiger partial charge is 0.457 e. The van der Waals surface area contributed by atoms with Gasteiger partial charge in [-0.15, -0.1) is 0 Å². The Morgan fingerprint density at radius 3 is 2.76 bits per heavy atom. The minimum Gasteiger partial charge on any atom is -0.491 e. The van der Waals surface area contributed by atoms with E-state index in [2.05, 4.69) is 13.0 Å². The van der Waals surface area contributed by atoms with Gasteiger partial charge in [0.05, 0.1) is 11.7 Å². The van der Waals surface area contributed by atoms with Gasteiger partial charge in [0.1, 0.15) is 18.5 Å². The monoisotopic (exact) mass is 524 g/mol. The second-order valence-corrected chi connectivity index (χ2v) is 9.68. The molecule has 204 valence electrons. The molecule has 6 nitrogen and oxygen atoms in total. The highest BCUT2D eigenvalue weighted by Gasteiger charge is 2.49. The van der Waals surface area contributed by atoms with Gasteiger partial charge in [-0.05, 0) is 56.1 Å². The molecule has 1 aromatic rings. The fourth-order valence-corrected chi connectivity index (χ4v) is 4.89. The number of aliphatic hydroxyl groups is 1. The Morgan fingerprint density at radius 2 is 2.03 bits per heavy atom. The Kier molecular flexibility index (Phi) is 11.1. The third kappa shape index (κ3) is 9.19. The lowest BCUT2D eigenvalue weighted by atomic mass is 9.80. The van der Waals surface area contributed by atoms with E-state index in [1.54, 1.807) is 6.08 Å². The fourth-order valence-electron chi connectivity index (χ4n) is 4.89. The summed E-state index contributed by atoms with van der Waals surface area (Å²) >= 11 is 0. The number of carboxylic acids is 1. The standard InChI is InChI=1S/C27H36BF3O6/c1-2-3-15-28-36-24-17-25(37-28)23(22(24)11-6-4-5-7-12-26(33)34)14-13-20(32)18-35-21-10-8-9-19(16-21)27(29,30)31/h4,6,8-10,13-14,16,20,22-25,32H,2-3,5,7,11-12,15,17-18H2,1H3,(H,33,34)/b6-4-,14-13+/t20-,22-,23-,24+,25-/m1/s1. The lowest BCUT2D eigenvalue weighted by molar-refractivity contribution is -0.138. The van der Waals surface area contributed by atoms with E-state index in [4.69, 9.17) is 19.2 Å². The van der Waals surface area contributed by atoms with E-state index < -0.39 is 23.8 Å². The van der Waals surface area contributed by atoms with Crippen LogP contribution in [-0.2, 0) is 20.3 Å². The molecule has 37 heavy (non-hydrogen) atoms. The number of rotatable bonds is 14. The molecule has 0 amide bonds. The summed E-state index contributed by atoms with van der Waals surface area (Å²) in [4.78, 5) is 10.7. The number of hydrogen-bond acceptors (Lipinski definition) is 5. The molecule has 1 saturated heterocycles. The molecule has 1 aromatic carbocycles. The van der Waals surface area contributed by atoms with Crippen LogP contribution in [0, 0.1) is 11.8 Å². The van der Waals surface area contributed by atoms with Crippen LogP contribution in [-0.4, -0.2) is 48.2 Å². The van der Waals surface area contributed by atoms with Gasteiger partial charge in [0.25, 0.3) is 0 Å². The van der Waals surface area contributed by atoms with Crippen LogP contribution in [0.15, 0.2) is 48.6 Å². The summed E-state index contributed by atoms with van der Waals surface area (Å²) < 4.78 is 56.6. The first-order valence-electron chi connectivity index (χ1n) is 13.0. The number of fused-ring (bicyclic) bond motifs is 2. The number of carboxylic acid groups (broad SMARTS) is 1. The molecule has 10 heteroatoms. The maximum atomic E-state index is 12.9. The number of allylic oxidation sites excluding steroid dienone is 2. The van der Waals surface area contributed by atoms with Gasteiger partial charge in [-0.25, -0.2) is 0 Å². The molecule has 0 spiro atoms. The van der Waals surface area contributed by atoms with Gasteiger partial charge in [0.15, 0.2) is 0 Å². The summed E-state index contributed by atoms with van der Waals surface area (Å²) in [7, 11) is -0.252. The van der Waals surface area contributed by atoms with E-state index in [-0.39, 0.29) is 49.9 Å². The van der Waals surface area contributed by atoms with Crippen LogP contribution < -0.4 is 4.74 Å². The highest BCUT2D eigenvalue weighted by molar-refractivity contribution is 6.44. The topological polar surface area (TPSA) is 85.2 Å². The molecular formula is C27H36BF3O6. The maximum absolute atomic E-state index is 12.9. The average molecular weight is 524 g/mol. The Balaban J connectivity index is 1.60. The van der Waals surface area contributed by atoms with Crippen molar-refractivity contribution in [2.75, 3.05) is 6.61 Å². The summed E-state index contributed by atoms with van der Waals surface area (Å²) in [5.74, 6) is -0.619. The number of ether oxygens (including phenoxy) is 1. The quantitative estimate of drug-likeness (QED) is 0.179. The van der Waals surface area contributed by atoms with E-state index >= 15 is 0 Å². The van der Waals surface area contributed by atoms with Crippen molar-refractivity contribution < 1.29 is 42.2 Å². The van der Waals surface area contributed by atoms with Crippen LogP contribution in [0.2, 0.25) is 6.32 Å². The third-order valence-electron chi connectivity index (χ3n) is 6.79. The zero-order valence-electron chi connectivity index (χ0n) is 21.1. The highest BCUT2D eigenvalue weighted by Crippen LogP contribution is 2.44. The molecule has 1 aliphatic heterocycles. The summed E-state index contributed by atoms with van der Waals surface area (Å²) in [6, 6.07) is 4.58. The summed E-state index contributed by atoms with van der Waals surface area (Å²) in [6.07, 6.45) is 7.90. The normalized spacial score (nSPS) is 24.7. The van der Waals surface area contributed by atoms with Crippen LogP contribution in [0.5, 0.6) is 5.75 Å². The number of halogens is 3. The molecule has 5 atom stereocenters. The largest absolute Gasteiger partial charge is 0.491 e. The van der Waals surface area contributed by atoms with Crippen LogP contribution in [0.3, 0.4) is 0 Å². The number of carbonyl (C=O) groups is 1. The van der Waals surface area contributed by atoms with Gasteiger partial charge in [-0.2, -0.15) is 13.2 Å². The lowest BCUT2D eigenvalue weighted by Gasteiger charge is -2.27. The van der Waals surface area contributed by atoms with Crippen molar-refractivity contribution in [1.82, 2.24) is 0 Å². The van der Waals surface area contributed by atoms with E-state index in [0.717, 1.165) is 44.1 Å². The van der Waals surface area contributed by atoms with Crippen molar-refractivity contribution in [3.8, 4) is 5.75 Å². The molecular weight excluding hydrogens is 488 g/mol. The van der Waals surface area contributed by atoms with Gasteiger partial charge in [0.2, 0.25) is 0 Å². The van der Waals surface area contributed by atoms with Crippen molar-refractivity contribution in [3.05, 3.63) is 54.1 Å². The molecule has 2 fully saturated rings. The van der Waals surface area contributed by atoms with Gasteiger partial charge < -0.3 is 24.3 Å². The Hall–Kier alpha value is -2.30. The molecule has 0 unspecified atom stereocenters. The highest BCUT2D eigenvalue weighted by atomic mass is 19.4. The summed E-state index contributed by atoms with van der Waals surface area (Å²) in [6.45, 7) is 1.94. The first-order valence-corrected chi connectivity index (χ1v) is 13.0. The Bertz CT molecular complexity index is 922. The number of aliphatic hydroxyl groups excluding tert-OH is 1. The molecule has 3 rings (SSSR count). The average Bonchev–Trinajstić information content (AvgIpc) is 3.10. The van der Waals surface area contributed by atoms with Crippen LogP contribution >= 0.6 is 0 Å². The van der Waals surface area contributed by atoms with Gasteiger partial charge >= 0.3 is 19.3 Å². The lowest BCUT2D eigenvalue weighted by Crippen LogP contribution is -2.37. The second kappa shape index (κ2) is 14.0. The first-order chi connectivity index (χ1) is 17.7. The number of hydrogen-bond donors (Lipinski definition) is 2. The molecule has 2 N–H and O–H groups in total. The predicted molar refractivity (Wildman–Crippen MR) is 134 cm³/mol. The van der Waals surface area contributed by atoms with Crippen molar-refractivity contribution >= 4 is 13.1 Å². The molecule has 0 aromatic heterocycles. The van der Waals surface area contributed by atoms with E-state index in [9.17, 15) is 23.1 Å². The number of benzene rings is 1. The van der Waals surface area contributed by atoms with Gasteiger partial charge in [0, 0.05) is 18.4 Å². The molecule has 0 radical (unpaired) electrons. The minimum atomic E-state index is -4.46. The van der Waals surface area contributed by atoms with Crippen LogP contribution in [0.25, 0.3) is 0 Å². The van der Waals surface area contributed by atoms with Crippen molar-refractivity contribution in [2.45, 2.75) is 82.7 Å². The zero-order valence-corrected chi connectivity index (χ0v) is 21.1. The first kappa shape index (κ1) is 29.3. The van der Waals surface area contributed by atoms with E-state index in [0.29, 0.717) is 12.8 Å². The Morgan fingerprint density at radius 1 is 1.24 bits per heavy atom. The minimum absolute atomic E-state index is 0.00324. The second-order valence-electron chi connectivity index (χ2n) is 9.68. The number of aliphatic carboxylic acids is 1. The predicted octanol–water partition coefficient (Wildman–Crippen LogP) is 5.91. The number of alkyl halides is 3. The zero-order chi connectivity index (χ0) is 26.8. The summed E-state index contributed by atoms with van der Waals surface area (Å²) in [5.41, 5.74) is -0.804. The maximum Gasteiger partial charge on any atom is 0.457 e. The molecule has 1 saturated carbocycles. The van der Waals surface area contributed by atoms with Crippen molar-refractivity contribution in [3.63, 3.8) is 0 Å².